The SMILES string of the molecule is NCCNCCOc1c2cc3cc1Oc1ccc(cc1Cl)[C@@H](O)[C@@H]1NC(=O)[C@H](NC(=O)[C@@H]3NC(=O)[C@H]3NC(=O)[C@@H](Cc4ccc(c(Cl)c4)O2)NC(=O)[C@@H](N)c2ccc(O)c(c2)Oc2cc(O)cc3c2)c2ccc(O)c(c2)-c2c(O)cc(O)cc2[C@@H](C(=O)NCCN)NC1=O. The van der Waals surface area contributed by atoms with Crippen molar-refractivity contribution in [3.8, 4) is 80.1 Å². The Hall–Kier alpha value is -10.6. The summed E-state index contributed by atoms with van der Waals surface area (Å²) in [6, 6.07) is 10.1. The Morgan fingerprint density at radius 1 is 0.543 bits per heavy atom. The van der Waals surface area contributed by atoms with E-state index in [4.69, 9.17) is 59.4 Å². The molecule has 28 nitrogen and oxygen atoms in total. The van der Waals surface area contributed by atoms with Crippen LogP contribution >= 0.6 is 23.2 Å². The van der Waals surface area contributed by atoms with Gasteiger partial charge >= 0.3 is 0 Å². The summed E-state index contributed by atoms with van der Waals surface area (Å²) in [5.41, 5.74) is 16.7. The van der Waals surface area contributed by atoms with Crippen LogP contribution < -0.4 is 78.7 Å². The van der Waals surface area contributed by atoms with Gasteiger partial charge in [-0.05, 0) is 118 Å². The number of ether oxygens (including phenoxy) is 4. The molecule has 13 rings (SSSR count). The molecule has 7 aromatic carbocycles. The first-order chi connectivity index (χ1) is 45.0. The van der Waals surface area contributed by atoms with Gasteiger partial charge in [-0.2, -0.15) is 0 Å². The van der Waals surface area contributed by atoms with E-state index in [-0.39, 0.29) is 134 Å². The summed E-state index contributed by atoms with van der Waals surface area (Å²) in [4.78, 5) is 106. The van der Waals surface area contributed by atoms with E-state index in [2.05, 4.69) is 42.5 Å². The molecular formula is C64H61Cl2N11O17. The van der Waals surface area contributed by atoms with Crippen LogP contribution in [0.3, 0.4) is 0 Å². The number of carbonyl (C=O) groups excluding carboxylic acids is 7. The fourth-order valence-electron chi connectivity index (χ4n) is 11.1. The van der Waals surface area contributed by atoms with Crippen molar-refractivity contribution in [1.29, 1.82) is 0 Å². The maximum Gasteiger partial charge on any atom is 0.248 e. The molecule has 8 atom stereocenters. The number of hydrogen-bond donors (Lipinski definition) is 17. The molecular weight excluding hydrogens is 1270 g/mol. The van der Waals surface area contributed by atoms with Crippen molar-refractivity contribution in [2.75, 3.05) is 39.3 Å². The van der Waals surface area contributed by atoms with Crippen LogP contribution in [0, 0.1) is 0 Å². The number of amides is 7. The molecule has 7 amide bonds. The third-order valence-corrected chi connectivity index (χ3v) is 16.3. The molecule has 488 valence electrons. The number of rotatable bonds is 9. The molecule has 0 spiro atoms. The molecule has 0 radical (unpaired) electrons. The number of benzene rings is 7. The Morgan fingerprint density at radius 2 is 1.15 bits per heavy atom. The third-order valence-electron chi connectivity index (χ3n) is 15.7. The summed E-state index contributed by atoms with van der Waals surface area (Å²) in [6.45, 7) is 0.499. The second-order valence-corrected chi connectivity index (χ2v) is 23.0. The molecule has 0 saturated heterocycles. The zero-order chi connectivity index (χ0) is 66.8. The Labute approximate surface area is 543 Å². The molecule has 6 aliphatic rings. The lowest BCUT2D eigenvalue weighted by Gasteiger charge is -2.31. The summed E-state index contributed by atoms with van der Waals surface area (Å²) in [6.07, 6.45) is -2.41. The highest BCUT2D eigenvalue weighted by Crippen LogP contribution is 2.49. The monoisotopic (exact) mass is 1330 g/mol. The number of halogens is 2. The summed E-state index contributed by atoms with van der Waals surface area (Å²) in [7, 11) is 0. The zero-order valence-corrected chi connectivity index (χ0v) is 50.7. The molecule has 6 aliphatic heterocycles. The van der Waals surface area contributed by atoms with Crippen LogP contribution in [-0.2, 0) is 40.0 Å². The number of aliphatic hydroxyl groups is 1. The number of fused-ring (bicyclic) bond motifs is 14. The predicted molar refractivity (Wildman–Crippen MR) is 335 cm³/mol. The van der Waals surface area contributed by atoms with Crippen LogP contribution in [0.15, 0.2) is 115 Å². The second kappa shape index (κ2) is 27.3. The quantitative estimate of drug-likeness (QED) is 0.0923. The molecule has 20 N–H and O–H groups in total. The van der Waals surface area contributed by atoms with E-state index in [1.165, 1.54) is 78.9 Å². The molecule has 94 heavy (non-hydrogen) atoms. The lowest BCUT2D eigenvalue weighted by atomic mass is 9.89. The Kier molecular flexibility index (Phi) is 18.9. The summed E-state index contributed by atoms with van der Waals surface area (Å²) in [5.74, 6) is -12.2. The highest BCUT2D eigenvalue weighted by molar-refractivity contribution is 6.32. The van der Waals surface area contributed by atoms with Crippen LogP contribution in [-0.4, -0.2) is 123 Å². The van der Waals surface area contributed by atoms with Gasteiger partial charge in [0.05, 0.1) is 10.0 Å². The van der Waals surface area contributed by atoms with E-state index in [0.29, 0.717) is 12.1 Å². The molecule has 0 saturated carbocycles. The third kappa shape index (κ3) is 13.6. The average molecular weight is 1330 g/mol. The minimum Gasteiger partial charge on any atom is -0.508 e. The molecule has 30 heteroatoms. The summed E-state index contributed by atoms with van der Waals surface area (Å²) < 4.78 is 25.7. The second-order valence-electron chi connectivity index (χ2n) is 22.2. The smallest absolute Gasteiger partial charge is 0.248 e. The van der Waals surface area contributed by atoms with Crippen LogP contribution in [0.1, 0.15) is 75.3 Å². The number of nitrogens with two attached hydrogens (primary N) is 3. The van der Waals surface area contributed by atoms with E-state index < -0.39 is 118 Å². The Bertz CT molecular complexity index is 4220. The highest BCUT2D eigenvalue weighted by Gasteiger charge is 2.41. The van der Waals surface area contributed by atoms with Gasteiger partial charge in [-0.3, -0.25) is 33.6 Å². The number of aromatic hydroxyl groups is 5. The summed E-state index contributed by atoms with van der Waals surface area (Å²) >= 11 is 14.1. The van der Waals surface area contributed by atoms with Gasteiger partial charge in [0.1, 0.15) is 95.3 Å². The predicted octanol–water partition coefficient (Wildman–Crippen LogP) is 3.20. The van der Waals surface area contributed by atoms with Crippen molar-refractivity contribution in [3.63, 3.8) is 0 Å². The van der Waals surface area contributed by atoms with Gasteiger partial charge in [0, 0.05) is 62.4 Å². The number of carbonyl (C=O) groups is 7. The van der Waals surface area contributed by atoms with Crippen molar-refractivity contribution in [1.82, 2.24) is 42.5 Å². The van der Waals surface area contributed by atoms with Crippen LogP contribution in [0.2, 0.25) is 10.0 Å². The first kappa shape index (κ1) is 64.9. The normalized spacial score (nSPS) is 21.0. The number of phenols is 5. The zero-order valence-electron chi connectivity index (χ0n) is 49.2. The van der Waals surface area contributed by atoms with E-state index in [1.807, 2.05) is 0 Å². The van der Waals surface area contributed by atoms with E-state index in [9.17, 15) is 40.2 Å². The van der Waals surface area contributed by atoms with Crippen molar-refractivity contribution in [3.05, 3.63) is 164 Å². The maximum absolute atomic E-state index is 16.1. The number of nitrogens with one attached hydrogen (secondary N) is 8. The van der Waals surface area contributed by atoms with E-state index in [1.54, 1.807) is 0 Å². The lowest BCUT2D eigenvalue weighted by molar-refractivity contribution is -0.137. The minimum atomic E-state index is -2.13. The van der Waals surface area contributed by atoms with Gasteiger partial charge in [0.15, 0.2) is 23.0 Å². The first-order valence-corrected chi connectivity index (χ1v) is 29.9. The van der Waals surface area contributed by atoms with Gasteiger partial charge in [-0.15, -0.1) is 0 Å². The Morgan fingerprint density at radius 3 is 1.84 bits per heavy atom. The van der Waals surface area contributed by atoms with Crippen molar-refractivity contribution in [2.24, 2.45) is 17.2 Å². The van der Waals surface area contributed by atoms with E-state index in [0.717, 1.165) is 36.4 Å². The van der Waals surface area contributed by atoms with E-state index >= 15 is 24.0 Å². The summed E-state index contributed by atoms with van der Waals surface area (Å²) in [5, 5.41) is 90.1. The lowest BCUT2D eigenvalue weighted by Crippen LogP contribution is -2.56. The van der Waals surface area contributed by atoms with Gasteiger partial charge < -0.3 is 109 Å². The molecule has 17 bridgehead atoms. The minimum absolute atomic E-state index is 0.0566. The maximum atomic E-state index is 16.1. The highest BCUT2D eigenvalue weighted by atomic mass is 35.5. The first-order valence-electron chi connectivity index (χ1n) is 29.2. The van der Waals surface area contributed by atoms with Crippen molar-refractivity contribution in [2.45, 2.75) is 54.8 Å². The molecule has 0 aromatic heterocycles. The number of phenolic OH excluding ortho intramolecular Hbond substituents is 5. The number of hydrogen-bond acceptors (Lipinski definition) is 21. The number of aliphatic hydroxyl groups excluding tert-OH is 1. The van der Waals surface area contributed by atoms with Gasteiger partial charge in [0.25, 0.3) is 0 Å². The topological polar surface area (TPSA) is 452 Å². The van der Waals surface area contributed by atoms with Crippen LogP contribution in [0.4, 0.5) is 0 Å². The molecule has 7 aromatic rings. The standard InChI is InChI=1S/C64H61Cl2N11O17/c65-38-15-27-1-7-44(38)93-47-22-32-23-48(57(47)91-14-13-70-11-9-67)94-45-8-4-30(20-39(45)66)56(83)55-64(90)76-54(60(86)71-12-10-68)37-25-34(79)26-43(82)49(37)36-19-29(3-5-41(36)80)51(61(87)77-55)74-63(89)53(32)75-62(88)52-31-17-33(78)24-35(18-31)92-46-21-28(2-6-42(46)81)50(69)59(85)72-40(16-27)58(84)73-52/h1-8,15,17-26,40,50-56,70,78-83H,9-14,16,67-69H2,(H,71,86)(H,72,85)(H,73,84)(H,74,89)(H,75,88)(H,76,90)(H,77,87)/t40-,50+,51-,52+,53-,54+,55+,56-/m1/s1. The average Bonchev–Trinajstić information content (AvgIpc) is 0.774. The van der Waals surface area contributed by atoms with Crippen molar-refractivity contribution >= 4 is 64.6 Å². The molecule has 0 fully saturated rings. The fourth-order valence-corrected chi connectivity index (χ4v) is 11.6. The van der Waals surface area contributed by atoms with Crippen LogP contribution in [0.25, 0.3) is 11.1 Å². The van der Waals surface area contributed by atoms with Crippen molar-refractivity contribution < 1.29 is 83.1 Å². The molecule has 6 heterocycles. The fraction of sp³-hybridized carbons (Fsp3) is 0.234. The van der Waals surface area contributed by atoms with Gasteiger partial charge in [-0.25, -0.2) is 0 Å². The van der Waals surface area contributed by atoms with Gasteiger partial charge in [0.2, 0.25) is 47.1 Å². The largest absolute Gasteiger partial charge is 0.508 e. The van der Waals surface area contributed by atoms with Crippen LogP contribution in [0.5, 0.6) is 69.0 Å². The van der Waals surface area contributed by atoms with Gasteiger partial charge in [-0.1, -0.05) is 47.5 Å². The Balaban J connectivity index is 1.16. The molecule has 0 aliphatic carbocycles. The molecule has 0 unspecified atom stereocenters.